The van der Waals surface area contributed by atoms with Crippen molar-refractivity contribution < 1.29 is 4.74 Å². The topological polar surface area (TPSA) is 48.1 Å². The van der Waals surface area contributed by atoms with E-state index in [2.05, 4.69) is 24.9 Å². The summed E-state index contributed by atoms with van der Waals surface area (Å²) in [6.07, 6.45) is 9.00. The normalized spacial score (nSPS) is 22.9. The van der Waals surface area contributed by atoms with Crippen LogP contribution in [0.25, 0.3) is 0 Å². The van der Waals surface area contributed by atoms with Crippen LogP contribution >= 0.6 is 0 Å². The maximum absolute atomic E-state index is 6.46. The Bertz CT molecular complexity index is 392. The SMILES string of the molecule is COC1(C(N)Cc2cccnc2)CCC(C)(C)CC1. The number of nitrogens with zero attached hydrogens (tertiary/aromatic N) is 1. The van der Waals surface area contributed by atoms with E-state index in [1.54, 1.807) is 13.3 Å². The van der Waals surface area contributed by atoms with Crippen LogP contribution in [0.3, 0.4) is 0 Å². The molecule has 19 heavy (non-hydrogen) atoms. The van der Waals surface area contributed by atoms with Crippen molar-refractivity contribution in [2.24, 2.45) is 11.1 Å². The average Bonchev–Trinajstić information content (AvgIpc) is 2.40. The fourth-order valence-corrected chi connectivity index (χ4v) is 3.04. The van der Waals surface area contributed by atoms with Gasteiger partial charge in [-0.2, -0.15) is 0 Å². The van der Waals surface area contributed by atoms with Gasteiger partial charge in [0.2, 0.25) is 0 Å². The lowest BCUT2D eigenvalue weighted by Gasteiger charge is -2.46. The summed E-state index contributed by atoms with van der Waals surface area (Å²) >= 11 is 0. The van der Waals surface area contributed by atoms with Crippen LogP contribution in [0.5, 0.6) is 0 Å². The second-order valence-electron chi connectivity index (χ2n) is 6.61. The number of methoxy groups -OCH3 is 1. The Morgan fingerprint density at radius 3 is 2.53 bits per heavy atom. The second-order valence-corrected chi connectivity index (χ2v) is 6.61. The molecule has 0 amide bonds. The minimum Gasteiger partial charge on any atom is -0.377 e. The Labute approximate surface area is 116 Å². The van der Waals surface area contributed by atoms with E-state index in [1.807, 2.05) is 12.3 Å². The van der Waals surface area contributed by atoms with Crippen LogP contribution in [0.1, 0.15) is 45.1 Å². The number of rotatable bonds is 4. The molecular weight excluding hydrogens is 236 g/mol. The summed E-state index contributed by atoms with van der Waals surface area (Å²) in [6.45, 7) is 4.67. The molecule has 2 rings (SSSR count). The van der Waals surface area contributed by atoms with Crippen LogP contribution in [0, 0.1) is 5.41 Å². The first-order valence-corrected chi connectivity index (χ1v) is 7.17. The third-order valence-electron chi connectivity index (χ3n) is 4.71. The molecule has 0 radical (unpaired) electrons. The van der Waals surface area contributed by atoms with E-state index in [9.17, 15) is 0 Å². The summed E-state index contributed by atoms with van der Waals surface area (Å²) in [5, 5.41) is 0. The van der Waals surface area contributed by atoms with Crippen LogP contribution in [0.4, 0.5) is 0 Å². The van der Waals surface area contributed by atoms with Gasteiger partial charge in [-0.15, -0.1) is 0 Å². The number of hydrogen-bond acceptors (Lipinski definition) is 3. The van der Waals surface area contributed by atoms with Gasteiger partial charge in [0.15, 0.2) is 0 Å². The number of ether oxygens (including phenoxy) is 1. The molecule has 0 aromatic carbocycles. The van der Waals surface area contributed by atoms with E-state index in [4.69, 9.17) is 10.5 Å². The van der Waals surface area contributed by atoms with Gasteiger partial charge in [0, 0.05) is 25.5 Å². The average molecular weight is 262 g/mol. The smallest absolute Gasteiger partial charge is 0.0832 e. The molecule has 1 aromatic rings. The Kier molecular flexibility index (Phi) is 4.26. The molecule has 1 fully saturated rings. The molecule has 1 aliphatic rings. The number of pyridine rings is 1. The van der Waals surface area contributed by atoms with Crippen molar-refractivity contribution in [2.75, 3.05) is 7.11 Å². The van der Waals surface area contributed by atoms with Gasteiger partial charge in [0.1, 0.15) is 0 Å². The van der Waals surface area contributed by atoms with Gasteiger partial charge < -0.3 is 10.5 Å². The van der Waals surface area contributed by atoms with Crippen molar-refractivity contribution in [3.05, 3.63) is 30.1 Å². The van der Waals surface area contributed by atoms with Crippen molar-refractivity contribution in [2.45, 2.75) is 57.6 Å². The fourth-order valence-electron chi connectivity index (χ4n) is 3.04. The highest BCUT2D eigenvalue weighted by Gasteiger charge is 2.42. The van der Waals surface area contributed by atoms with E-state index in [1.165, 1.54) is 18.4 Å². The van der Waals surface area contributed by atoms with Crippen LogP contribution in [0.2, 0.25) is 0 Å². The van der Waals surface area contributed by atoms with Crippen LogP contribution in [-0.2, 0) is 11.2 Å². The molecule has 1 heterocycles. The second kappa shape index (κ2) is 5.59. The zero-order valence-corrected chi connectivity index (χ0v) is 12.4. The van der Waals surface area contributed by atoms with Crippen molar-refractivity contribution in [1.82, 2.24) is 4.98 Å². The fraction of sp³-hybridized carbons (Fsp3) is 0.688. The largest absolute Gasteiger partial charge is 0.377 e. The molecule has 3 nitrogen and oxygen atoms in total. The van der Waals surface area contributed by atoms with Gasteiger partial charge in [-0.25, -0.2) is 0 Å². The molecule has 106 valence electrons. The van der Waals surface area contributed by atoms with Gasteiger partial charge in [-0.05, 0) is 49.1 Å². The molecule has 3 heteroatoms. The first kappa shape index (κ1) is 14.5. The Hall–Kier alpha value is -0.930. The summed E-state index contributed by atoms with van der Waals surface area (Å²) < 4.78 is 5.86. The zero-order valence-electron chi connectivity index (χ0n) is 12.4. The van der Waals surface area contributed by atoms with Gasteiger partial charge in [-0.3, -0.25) is 4.98 Å². The number of aromatic nitrogens is 1. The van der Waals surface area contributed by atoms with E-state index in [-0.39, 0.29) is 11.6 Å². The van der Waals surface area contributed by atoms with Crippen LogP contribution in [-0.4, -0.2) is 23.7 Å². The Morgan fingerprint density at radius 1 is 1.32 bits per heavy atom. The molecule has 0 bridgehead atoms. The van der Waals surface area contributed by atoms with Crippen molar-refractivity contribution in [1.29, 1.82) is 0 Å². The molecule has 1 unspecified atom stereocenters. The van der Waals surface area contributed by atoms with Crippen molar-refractivity contribution >= 4 is 0 Å². The van der Waals surface area contributed by atoms with E-state index in [0.717, 1.165) is 19.3 Å². The van der Waals surface area contributed by atoms with Gasteiger partial charge in [0.05, 0.1) is 5.60 Å². The van der Waals surface area contributed by atoms with Gasteiger partial charge >= 0.3 is 0 Å². The summed E-state index contributed by atoms with van der Waals surface area (Å²) in [5.41, 5.74) is 7.92. The Morgan fingerprint density at radius 2 is 2.00 bits per heavy atom. The van der Waals surface area contributed by atoms with Crippen LogP contribution < -0.4 is 5.73 Å². The first-order valence-electron chi connectivity index (χ1n) is 7.17. The minimum atomic E-state index is -0.161. The van der Waals surface area contributed by atoms with Crippen molar-refractivity contribution in [3.8, 4) is 0 Å². The molecule has 1 atom stereocenters. The summed E-state index contributed by atoms with van der Waals surface area (Å²) in [6, 6.07) is 4.09. The highest BCUT2D eigenvalue weighted by molar-refractivity contribution is 5.12. The minimum absolute atomic E-state index is 0.0396. The van der Waals surface area contributed by atoms with E-state index >= 15 is 0 Å². The highest BCUT2D eigenvalue weighted by Crippen LogP contribution is 2.43. The monoisotopic (exact) mass is 262 g/mol. The van der Waals surface area contributed by atoms with Gasteiger partial charge in [0.25, 0.3) is 0 Å². The lowest BCUT2D eigenvalue weighted by molar-refractivity contribution is -0.0781. The first-order chi connectivity index (χ1) is 8.97. The van der Waals surface area contributed by atoms with Crippen LogP contribution in [0.15, 0.2) is 24.5 Å². The third kappa shape index (κ3) is 3.34. The lowest BCUT2D eigenvalue weighted by atomic mass is 9.68. The summed E-state index contributed by atoms with van der Waals surface area (Å²) in [4.78, 5) is 4.16. The predicted molar refractivity (Wildman–Crippen MR) is 77.9 cm³/mol. The third-order valence-corrected chi connectivity index (χ3v) is 4.71. The molecular formula is C16H26N2O. The number of nitrogens with two attached hydrogens (primary N) is 1. The molecule has 2 N–H and O–H groups in total. The molecule has 1 aliphatic carbocycles. The quantitative estimate of drug-likeness (QED) is 0.907. The maximum atomic E-state index is 6.46. The molecule has 0 spiro atoms. The van der Waals surface area contributed by atoms with Crippen molar-refractivity contribution in [3.63, 3.8) is 0 Å². The summed E-state index contributed by atoms with van der Waals surface area (Å²) in [5.74, 6) is 0. The molecule has 1 aromatic heterocycles. The molecule has 0 saturated heterocycles. The highest BCUT2D eigenvalue weighted by atomic mass is 16.5. The van der Waals surface area contributed by atoms with E-state index in [0.29, 0.717) is 5.41 Å². The molecule has 1 saturated carbocycles. The van der Waals surface area contributed by atoms with Gasteiger partial charge in [-0.1, -0.05) is 19.9 Å². The zero-order chi connectivity index (χ0) is 13.9. The maximum Gasteiger partial charge on any atom is 0.0832 e. The lowest BCUT2D eigenvalue weighted by Crippen LogP contribution is -2.53. The predicted octanol–water partition coefficient (Wildman–Crippen LogP) is 2.94. The van der Waals surface area contributed by atoms with E-state index < -0.39 is 0 Å². The standard InChI is InChI=1S/C16H26N2O/c1-15(2)6-8-16(19-3,9-7-15)14(17)11-13-5-4-10-18-12-13/h4-5,10,12,14H,6-9,11,17H2,1-3H3. The molecule has 0 aliphatic heterocycles. The Balaban J connectivity index is 2.05. The summed E-state index contributed by atoms with van der Waals surface area (Å²) in [7, 11) is 1.81. The number of hydrogen-bond donors (Lipinski definition) is 1.